The summed E-state index contributed by atoms with van der Waals surface area (Å²) >= 11 is 1.60. The van der Waals surface area contributed by atoms with Gasteiger partial charge in [-0.25, -0.2) is 9.18 Å². The molecule has 0 N–H and O–H groups in total. The van der Waals surface area contributed by atoms with E-state index in [-0.39, 0.29) is 36.3 Å². The van der Waals surface area contributed by atoms with E-state index in [9.17, 15) is 18.8 Å². The lowest BCUT2D eigenvalue weighted by Gasteiger charge is -2.27. The summed E-state index contributed by atoms with van der Waals surface area (Å²) in [6.45, 7) is 9.25. The van der Waals surface area contributed by atoms with Gasteiger partial charge in [-0.1, -0.05) is 24.3 Å². The highest BCUT2D eigenvalue weighted by Crippen LogP contribution is 2.39. The number of carbonyl (C=O) groups is 3. The van der Waals surface area contributed by atoms with Crippen molar-refractivity contribution in [1.29, 1.82) is 0 Å². The minimum absolute atomic E-state index is 0.0527. The molecule has 0 unspecified atom stereocenters. The maximum absolute atomic E-state index is 13.8. The number of carbonyl (C=O) groups excluding carboxylic acids is 3. The fraction of sp³-hybridized carbons (Fsp3) is 0.344. The average molecular weight is 564 g/mol. The number of benzene rings is 3. The Morgan fingerprint density at radius 3 is 2.10 bits per heavy atom. The van der Waals surface area contributed by atoms with Crippen LogP contribution >= 0.6 is 11.8 Å². The van der Waals surface area contributed by atoms with Crippen molar-refractivity contribution in [2.24, 2.45) is 5.92 Å². The number of rotatable bonds is 8. The molecule has 0 bridgehead atoms. The monoisotopic (exact) mass is 563 g/mol. The summed E-state index contributed by atoms with van der Waals surface area (Å²) in [5.41, 5.74) is 2.18. The van der Waals surface area contributed by atoms with Gasteiger partial charge in [0.15, 0.2) is 17.2 Å². The van der Waals surface area contributed by atoms with Gasteiger partial charge in [-0.3, -0.25) is 9.59 Å². The molecule has 210 valence electrons. The molecular formula is C32H34FNO5S. The first-order valence-electron chi connectivity index (χ1n) is 13.1. The van der Waals surface area contributed by atoms with Crippen LogP contribution in [0.15, 0.2) is 65.6 Å². The van der Waals surface area contributed by atoms with Crippen LogP contribution in [0, 0.1) is 25.6 Å². The number of nitrogens with zero attached hydrogens (tertiary/aromatic N) is 1. The van der Waals surface area contributed by atoms with E-state index in [1.807, 2.05) is 56.5 Å². The molecule has 0 radical (unpaired) electrons. The molecule has 1 heterocycles. The highest BCUT2D eigenvalue weighted by atomic mass is 32.2. The quantitative estimate of drug-likeness (QED) is 0.217. The Balaban J connectivity index is 1.66. The van der Waals surface area contributed by atoms with Gasteiger partial charge in [0.25, 0.3) is 0 Å². The highest BCUT2D eigenvalue weighted by molar-refractivity contribution is 7.98. The zero-order valence-corrected chi connectivity index (χ0v) is 24.4. The van der Waals surface area contributed by atoms with E-state index >= 15 is 0 Å². The standard InChI is InChI=1S/C32H34FNO5S/c1-19-15-23(16-20(2)30(19)39-32(4,5)21(3)35)27-17-34(31(37)38-25-11-9-24(33)10-12-25)18-28(27)29(36)22-7-13-26(40-6)14-8-22/h7-16,27-28H,17-18H2,1-6H3/t27-,28+/m1/s1. The second-order valence-corrected chi connectivity index (χ2v) is 11.6. The van der Waals surface area contributed by atoms with Crippen LogP contribution in [0.4, 0.5) is 9.18 Å². The lowest BCUT2D eigenvalue weighted by Crippen LogP contribution is -2.36. The zero-order chi connectivity index (χ0) is 29.2. The van der Waals surface area contributed by atoms with E-state index in [1.165, 1.54) is 36.1 Å². The van der Waals surface area contributed by atoms with E-state index in [0.717, 1.165) is 21.6 Å². The van der Waals surface area contributed by atoms with Crippen molar-refractivity contribution in [2.45, 2.75) is 51.0 Å². The SMILES string of the molecule is CSc1ccc(C(=O)[C@H]2CN(C(=O)Oc3ccc(F)cc3)C[C@@H]2c2cc(C)c(OC(C)(C)C(C)=O)c(C)c2)cc1. The molecule has 0 aliphatic carbocycles. The summed E-state index contributed by atoms with van der Waals surface area (Å²) in [4.78, 5) is 41.6. The number of likely N-dealkylation sites (tertiary alicyclic amines) is 1. The minimum Gasteiger partial charge on any atom is -0.480 e. The Kier molecular flexibility index (Phi) is 8.68. The van der Waals surface area contributed by atoms with E-state index < -0.39 is 23.4 Å². The van der Waals surface area contributed by atoms with Gasteiger partial charge in [-0.05, 0) is 94.0 Å². The van der Waals surface area contributed by atoms with Crippen molar-refractivity contribution < 1.29 is 28.2 Å². The number of Topliss-reactive ketones (excluding diaryl/α,β-unsaturated/α-hetero) is 2. The Labute approximate surface area is 238 Å². The summed E-state index contributed by atoms with van der Waals surface area (Å²) in [5, 5.41) is 0. The number of ether oxygens (including phenoxy) is 2. The summed E-state index contributed by atoms with van der Waals surface area (Å²) < 4.78 is 24.9. The van der Waals surface area contributed by atoms with Gasteiger partial charge in [0.1, 0.15) is 17.3 Å². The maximum atomic E-state index is 13.8. The van der Waals surface area contributed by atoms with Crippen molar-refractivity contribution in [3.63, 3.8) is 0 Å². The summed E-state index contributed by atoms with van der Waals surface area (Å²) in [7, 11) is 0. The second kappa shape index (κ2) is 11.8. The fourth-order valence-corrected chi connectivity index (χ4v) is 5.29. The van der Waals surface area contributed by atoms with Crippen LogP contribution in [0.25, 0.3) is 0 Å². The lowest BCUT2D eigenvalue weighted by molar-refractivity contribution is -0.129. The molecule has 3 aromatic carbocycles. The number of aryl methyl sites for hydroxylation is 2. The summed E-state index contributed by atoms with van der Waals surface area (Å²) in [6.07, 6.45) is 1.38. The van der Waals surface area contributed by atoms with Gasteiger partial charge in [0.2, 0.25) is 0 Å². The number of amides is 1. The first kappa shape index (κ1) is 29.3. The van der Waals surface area contributed by atoms with E-state index in [1.54, 1.807) is 25.6 Å². The molecule has 1 aliphatic rings. The van der Waals surface area contributed by atoms with Gasteiger partial charge < -0.3 is 14.4 Å². The number of ketones is 2. The zero-order valence-electron chi connectivity index (χ0n) is 23.6. The first-order valence-corrected chi connectivity index (χ1v) is 14.3. The molecule has 8 heteroatoms. The van der Waals surface area contributed by atoms with Gasteiger partial charge in [-0.15, -0.1) is 11.8 Å². The molecular weight excluding hydrogens is 529 g/mol. The predicted molar refractivity (Wildman–Crippen MR) is 154 cm³/mol. The highest BCUT2D eigenvalue weighted by Gasteiger charge is 2.42. The fourth-order valence-electron chi connectivity index (χ4n) is 4.88. The molecule has 4 rings (SSSR count). The van der Waals surface area contributed by atoms with Crippen LogP contribution in [-0.4, -0.2) is 47.5 Å². The molecule has 1 fully saturated rings. The molecule has 0 saturated carbocycles. The topological polar surface area (TPSA) is 72.9 Å². The van der Waals surface area contributed by atoms with Crippen LogP contribution in [0.2, 0.25) is 0 Å². The van der Waals surface area contributed by atoms with Crippen LogP contribution in [0.3, 0.4) is 0 Å². The van der Waals surface area contributed by atoms with Crippen LogP contribution in [-0.2, 0) is 4.79 Å². The molecule has 1 amide bonds. The van der Waals surface area contributed by atoms with Crippen molar-refractivity contribution in [3.05, 3.63) is 88.7 Å². The molecule has 2 atom stereocenters. The normalized spacial score (nSPS) is 17.0. The van der Waals surface area contributed by atoms with Crippen LogP contribution in [0.1, 0.15) is 53.7 Å². The molecule has 0 spiro atoms. The largest absolute Gasteiger partial charge is 0.480 e. The lowest BCUT2D eigenvalue weighted by atomic mass is 9.82. The van der Waals surface area contributed by atoms with Crippen molar-refractivity contribution >= 4 is 29.4 Å². The molecule has 40 heavy (non-hydrogen) atoms. The van der Waals surface area contributed by atoms with Crippen molar-refractivity contribution in [1.82, 2.24) is 4.90 Å². The molecule has 1 aliphatic heterocycles. The van der Waals surface area contributed by atoms with Gasteiger partial charge in [0, 0.05) is 35.4 Å². The van der Waals surface area contributed by atoms with Gasteiger partial charge in [0.05, 0.1) is 0 Å². The number of hydrogen-bond donors (Lipinski definition) is 0. The second-order valence-electron chi connectivity index (χ2n) is 10.7. The first-order chi connectivity index (χ1) is 18.9. The third kappa shape index (κ3) is 6.39. The van der Waals surface area contributed by atoms with Gasteiger partial charge in [-0.2, -0.15) is 0 Å². The number of halogens is 1. The van der Waals surface area contributed by atoms with E-state index in [2.05, 4.69) is 0 Å². The molecule has 6 nitrogen and oxygen atoms in total. The third-order valence-electron chi connectivity index (χ3n) is 7.42. The molecule has 0 aromatic heterocycles. The summed E-state index contributed by atoms with van der Waals surface area (Å²) in [5.74, 6) is -0.496. The predicted octanol–water partition coefficient (Wildman–Crippen LogP) is 7.01. The Morgan fingerprint density at radius 2 is 1.55 bits per heavy atom. The third-order valence-corrected chi connectivity index (χ3v) is 8.17. The summed E-state index contributed by atoms with van der Waals surface area (Å²) in [6, 6.07) is 16.6. The van der Waals surface area contributed by atoms with E-state index in [4.69, 9.17) is 9.47 Å². The average Bonchev–Trinajstić information content (AvgIpc) is 3.37. The smallest absolute Gasteiger partial charge is 0.415 e. The molecule has 1 saturated heterocycles. The number of thioether (sulfide) groups is 1. The van der Waals surface area contributed by atoms with E-state index in [0.29, 0.717) is 11.3 Å². The van der Waals surface area contributed by atoms with Crippen molar-refractivity contribution in [3.8, 4) is 11.5 Å². The number of hydrogen-bond acceptors (Lipinski definition) is 6. The van der Waals surface area contributed by atoms with Crippen molar-refractivity contribution in [2.75, 3.05) is 19.3 Å². The minimum atomic E-state index is -0.979. The molecule has 3 aromatic rings. The van der Waals surface area contributed by atoms with Gasteiger partial charge >= 0.3 is 6.09 Å². The van der Waals surface area contributed by atoms with Crippen LogP contribution < -0.4 is 9.47 Å². The maximum Gasteiger partial charge on any atom is 0.415 e. The Bertz CT molecular complexity index is 1400. The van der Waals surface area contributed by atoms with Crippen LogP contribution in [0.5, 0.6) is 11.5 Å². The Morgan fingerprint density at radius 1 is 0.950 bits per heavy atom. The Hall–Kier alpha value is -3.65.